The first kappa shape index (κ1) is 18.4. The van der Waals surface area contributed by atoms with Gasteiger partial charge in [0.1, 0.15) is 17.6 Å². The van der Waals surface area contributed by atoms with Crippen LogP contribution in [0.5, 0.6) is 0 Å². The number of likely N-dealkylation sites (tertiary alicyclic amines) is 1. The summed E-state index contributed by atoms with van der Waals surface area (Å²) in [5.41, 5.74) is 1.59. The third-order valence-electron chi connectivity index (χ3n) is 5.95. The number of amides is 1. The zero-order valence-corrected chi connectivity index (χ0v) is 16.0. The van der Waals surface area contributed by atoms with Crippen LogP contribution in [0.15, 0.2) is 42.6 Å². The van der Waals surface area contributed by atoms with E-state index >= 15 is 0 Å². The van der Waals surface area contributed by atoms with Gasteiger partial charge in [-0.25, -0.2) is 4.98 Å². The summed E-state index contributed by atoms with van der Waals surface area (Å²) in [6.07, 6.45) is 6.35. The molecule has 1 amide bonds. The molecule has 2 fully saturated rings. The maximum Gasteiger partial charge on any atom is 0.222 e. The van der Waals surface area contributed by atoms with E-state index in [0.29, 0.717) is 12.1 Å². The molecule has 28 heavy (non-hydrogen) atoms. The van der Waals surface area contributed by atoms with Crippen LogP contribution in [0.3, 0.4) is 0 Å². The van der Waals surface area contributed by atoms with E-state index in [1.807, 2.05) is 35.2 Å². The van der Waals surface area contributed by atoms with Gasteiger partial charge >= 0.3 is 0 Å². The number of nitrogens with zero attached hydrogens (tertiary/aromatic N) is 5. The summed E-state index contributed by atoms with van der Waals surface area (Å²) < 4.78 is 0. The zero-order chi connectivity index (χ0) is 19.4. The first-order valence-corrected chi connectivity index (χ1v) is 9.97. The monoisotopic (exact) mass is 375 g/mol. The van der Waals surface area contributed by atoms with E-state index < -0.39 is 0 Å². The molecule has 2 saturated heterocycles. The lowest BCUT2D eigenvalue weighted by atomic mass is 9.73. The van der Waals surface area contributed by atoms with Crippen LogP contribution in [0.25, 0.3) is 0 Å². The van der Waals surface area contributed by atoms with Gasteiger partial charge < -0.3 is 9.80 Å². The Bertz CT molecular complexity index is 878. The minimum absolute atomic E-state index is 0.112. The maximum atomic E-state index is 12.5. The number of hydrogen-bond acceptors (Lipinski definition) is 5. The van der Waals surface area contributed by atoms with Crippen LogP contribution in [-0.4, -0.2) is 47.0 Å². The Hall–Kier alpha value is -2.94. The van der Waals surface area contributed by atoms with Gasteiger partial charge in [-0.1, -0.05) is 12.1 Å². The van der Waals surface area contributed by atoms with Crippen molar-refractivity contribution in [3.63, 3.8) is 0 Å². The molecule has 0 aromatic carbocycles. The lowest BCUT2D eigenvalue weighted by molar-refractivity contribution is -0.137. The topological polar surface area (TPSA) is 73.1 Å². The van der Waals surface area contributed by atoms with Gasteiger partial charge in [-0.15, -0.1) is 0 Å². The molecule has 144 valence electrons. The van der Waals surface area contributed by atoms with Crippen molar-refractivity contribution in [1.29, 1.82) is 5.26 Å². The fourth-order valence-corrected chi connectivity index (χ4v) is 4.50. The largest absolute Gasteiger partial charge is 0.356 e. The van der Waals surface area contributed by atoms with Crippen molar-refractivity contribution in [1.82, 2.24) is 14.9 Å². The molecule has 0 N–H and O–H groups in total. The van der Waals surface area contributed by atoms with Crippen molar-refractivity contribution in [2.75, 3.05) is 31.1 Å². The average molecular weight is 375 g/mol. The summed E-state index contributed by atoms with van der Waals surface area (Å²) in [7, 11) is 0. The van der Waals surface area contributed by atoms with Crippen LogP contribution in [0.1, 0.15) is 37.1 Å². The predicted octanol–water partition coefficient (Wildman–Crippen LogP) is 2.80. The van der Waals surface area contributed by atoms with Crippen molar-refractivity contribution in [3.05, 3.63) is 54.0 Å². The smallest absolute Gasteiger partial charge is 0.222 e. The molecule has 2 aromatic rings. The lowest BCUT2D eigenvalue weighted by Crippen LogP contribution is -2.54. The quantitative estimate of drug-likeness (QED) is 0.822. The van der Waals surface area contributed by atoms with Crippen molar-refractivity contribution in [2.24, 2.45) is 5.41 Å². The molecule has 4 rings (SSSR count). The molecule has 6 heteroatoms. The third-order valence-corrected chi connectivity index (χ3v) is 5.95. The molecule has 1 unspecified atom stereocenters. The lowest BCUT2D eigenvalue weighted by Gasteiger charge is -2.48. The van der Waals surface area contributed by atoms with E-state index in [2.05, 4.69) is 20.9 Å². The number of carbonyl (C=O) groups excluding carboxylic acids is 1. The Morgan fingerprint density at radius 1 is 1.14 bits per heavy atom. The Morgan fingerprint density at radius 3 is 2.89 bits per heavy atom. The number of piperidine rings is 2. The number of pyridine rings is 2. The van der Waals surface area contributed by atoms with Gasteiger partial charge in [-0.2, -0.15) is 5.26 Å². The van der Waals surface area contributed by atoms with Crippen LogP contribution in [0.2, 0.25) is 0 Å². The number of nitriles is 1. The molecular weight excluding hydrogens is 350 g/mol. The van der Waals surface area contributed by atoms with E-state index in [1.54, 1.807) is 12.3 Å². The van der Waals surface area contributed by atoms with Crippen molar-refractivity contribution < 1.29 is 4.79 Å². The molecule has 6 nitrogen and oxygen atoms in total. The predicted molar refractivity (Wildman–Crippen MR) is 107 cm³/mol. The van der Waals surface area contributed by atoms with Crippen molar-refractivity contribution in [2.45, 2.75) is 32.1 Å². The van der Waals surface area contributed by atoms with Crippen LogP contribution in [-0.2, 0) is 11.2 Å². The van der Waals surface area contributed by atoms with Gasteiger partial charge in [-0.3, -0.25) is 9.78 Å². The van der Waals surface area contributed by atoms with E-state index in [1.165, 1.54) is 0 Å². The SMILES string of the molecule is N#Cc1cccc(N2CCCC3(CCC(=O)N(CCc4ccccn4)C3)C2)n1. The Labute approximate surface area is 165 Å². The number of anilines is 1. The molecule has 4 heterocycles. The van der Waals surface area contributed by atoms with Crippen LogP contribution < -0.4 is 4.90 Å². The van der Waals surface area contributed by atoms with Crippen molar-refractivity contribution >= 4 is 11.7 Å². The second-order valence-electron chi connectivity index (χ2n) is 7.90. The van der Waals surface area contributed by atoms with Gasteiger partial charge in [-0.05, 0) is 43.5 Å². The number of rotatable bonds is 4. The number of carbonyl (C=O) groups is 1. The van der Waals surface area contributed by atoms with E-state index in [0.717, 1.165) is 63.4 Å². The minimum Gasteiger partial charge on any atom is -0.356 e. The highest BCUT2D eigenvalue weighted by Crippen LogP contribution is 2.39. The second-order valence-corrected chi connectivity index (χ2v) is 7.90. The second kappa shape index (κ2) is 7.97. The fraction of sp³-hybridized carbons (Fsp3) is 0.455. The first-order valence-electron chi connectivity index (χ1n) is 9.97. The highest BCUT2D eigenvalue weighted by Gasteiger charge is 2.41. The summed E-state index contributed by atoms with van der Waals surface area (Å²) >= 11 is 0. The highest BCUT2D eigenvalue weighted by molar-refractivity contribution is 5.77. The van der Waals surface area contributed by atoms with Gasteiger partial charge in [0.25, 0.3) is 0 Å². The van der Waals surface area contributed by atoms with E-state index in [9.17, 15) is 4.79 Å². The third kappa shape index (κ3) is 3.99. The maximum absolute atomic E-state index is 12.5. The summed E-state index contributed by atoms with van der Waals surface area (Å²) in [4.78, 5) is 25.7. The van der Waals surface area contributed by atoms with Gasteiger partial charge in [0.05, 0.1) is 0 Å². The van der Waals surface area contributed by atoms with E-state index in [4.69, 9.17) is 5.26 Å². The average Bonchev–Trinajstić information content (AvgIpc) is 2.75. The summed E-state index contributed by atoms with van der Waals surface area (Å²) in [6, 6.07) is 13.7. The highest BCUT2D eigenvalue weighted by atomic mass is 16.2. The molecular formula is C22H25N5O. The summed E-state index contributed by atoms with van der Waals surface area (Å²) in [5.74, 6) is 1.12. The van der Waals surface area contributed by atoms with Crippen LogP contribution in [0, 0.1) is 16.7 Å². The molecule has 2 aliphatic heterocycles. The number of hydrogen-bond donors (Lipinski definition) is 0. The normalized spacial score (nSPS) is 22.3. The molecule has 0 radical (unpaired) electrons. The molecule has 0 aliphatic carbocycles. The zero-order valence-electron chi connectivity index (χ0n) is 16.0. The fourth-order valence-electron chi connectivity index (χ4n) is 4.50. The van der Waals surface area contributed by atoms with Crippen LogP contribution >= 0.6 is 0 Å². The first-order chi connectivity index (χ1) is 13.7. The standard InChI is InChI=1S/C22H25N5O/c23-15-19-6-3-7-20(25-19)26-13-4-10-22(16-26)11-8-21(28)27(17-22)14-9-18-5-1-2-12-24-18/h1-3,5-7,12H,4,8-11,13-14,16-17H2. The Kier molecular flexibility index (Phi) is 5.25. The van der Waals surface area contributed by atoms with Gasteiger partial charge in [0, 0.05) is 56.3 Å². The van der Waals surface area contributed by atoms with E-state index in [-0.39, 0.29) is 11.3 Å². The Balaban J connectivity index is 1.45. The van der Waals surface area contributed by atoms with Crippen LogP contribution in [0.4, 0.5) is 5.82 Å². The molecule has 0 saturated carbocycles. The van der Waals surface area contributed by atoms with Gasteiger partial charge in [0.15, 0.2) is 0 Å². The number of aromatic nitrogens is 2. The molecule has 2 aliphatic rings. The van der Waals surface area contributed by atoms with Gasteiger partial charge in [0.2, 0.25) is 5.91 Å². The molecule has 1 spiro atoms. The summed E-state index contributed by atoms with van der Waals surface area (Å²) in [6.45, 7) is 3.36. The minimum atomic E-state index is 0.112. The molecule has 1 atom stereocenters. The summed E-state index contributed by atoms with van der Waals surface area (Å²) in [5, 5.41) is 9.14. The molecule has 0 bridgehead atoms. The Morgan fingerprint density at radius 2 is 2.07 bits per heavy atom. The molecule has 2 aromatic heterocycles. The van der Waals surface area contributed by atoms with Crippen molar-refractivity contribution in [3.8, 4) is 6.07 Å².